The molecule has 5 nitrogen and oxygen atoms in total. The summed E-state index contributed by atoms with van der Waals surface area (Å²) in [6.45, 7) is 1.25. The maximum absolute atomic E-state index is 12.0. The number of aliphatic carboxylic acids is 1. The van der Waals surface area contributed by atoms with Crippen LogP contribution in [0.15, 0.2) is 0 Å². The van der Waals surface area contributed by atoms with Gasteiger partial charge in [0.05, 0.1) is 6.10 Å². The first-order valence-corrected chi connectivity index (χ1v) is 6.78. The topological polar surface area (TPSA) is 78.5 Å². The summed E-state index contributed by atoms with van der Waals surface area (Å²) in [5.41, 5.74) is 0. The number of nitrogens with one attached hydrogen (secondary N) is 1. The first kappa shape index (κ1) is 13.3. The van der Waals surface area contributed by atoms with Crippen molar-refractivity contribution in [1.29, 1.82) is 0 Å². The van der Waals surface area contributed by atoms with Crippen molar-refractivity contribution in [1.82, 2.24) is 5.32 Å². The van der Waals surface area contributed by atoms with Crippen molar-refractivity contribution in [2.75, 3.05) is 13.2 Å². The summed E-state index contributed by atoms with van der Waals surface area (Å²) < 4.78 is 5.42. The molecule has 2 fully saturated rings. The van der Waals surface area contributed by atoms with E-state index in [2.05, 4.69) is 5.32 Å². The van der Waals surface area contributed by atoms with Crippen molar-refractivity contribution in [3.8, 4) is 0 Å². The molecule has 0 aromatic rings. The third-order valence-electron chi connectivity index (χ3n) is 3.93. The van der Waals surface area contributed by atoms with Crippen molar-refractivity contribution < 1.29 is 19.4 Å². The molecule has 1 aliphatic heterocycles. The van der Waals surface area contributed by atoms with Crippen molar-refractivity contribution in [3.63, 3.8) is 0 Å². The van der Waals surface area contributed by atoms with Gasteiger partial charge in [-0.2, -0.15) is 0 Å². The van der Waals surface area contributed by atoms with Crippen LogP contribution in [0.25, 0.3) is 0 Å². The molecule has 1 heterocycles. The average molecular weight is 254 g/mol. The van der Waals surface area contributed by atoms with E-state index in [1.165, 1.54) is 0 Å². The lowest BCUT2D eigenvalue weighted by atomic mass is 9.78. The summed E-state index contributed by atoms with van der Waals surface area (Å²) in [5, 5.41) is 13.8. The van der Waals surface area contributed by atoms with Gasteiger partial charge in [0.25, 0.3) is 0 Å². The highest BCUT2D eigenvalue weighted by molar-refractivity contribution is 5.84. The van der Waals surface area contributed by atoms with Gasteiger partial charge >= 0.3 is 0 Å². The van der Waals surface area contributed by atoms with Gasteiger partial charge in [0, 0.05) is 31.0 Å². The van der Waals surface area contributed by atoms with Crippen LogP contribution in [0.3, 0.4) is 0 Å². The van der Waals surface area contributed by atoms with E-state index < -0.39 is 17.8 Å². The zero-order valence-corrected chi connectivity index (χ0v) is 10.5. The predicted molar refractivity (Wildman–Crippen MR) is 62.4 cm³/mol. The van der Waals surface area contributed by atoms with Crippen molar-refractivity contribution in [2.45, 2.75) is 44.6 Å². The third-order valence-corrected chi connectivity index (χ3v) is 3.93. The monoisotopic (exact) mass is 254 g/mol. The maximum atomic E-state index is 12.0. The smallest absolute Gasteiger partial charge is 0.223 e. The van der Waals surface area contributed by atoms with Gasteiger partial charge in [-0.15, -0.1) is 0 Å². The number of amides is 1. The molecule has 2 aliphatic rings. The Bertz CT molecular complexity index is 312. The van der Waals surface area contributed by atoms with E-state index in [1.54, 1.807) is 0 Å². The summed E-state index contributed by atoms with van der Waals surface area (Å²) >= 11 is 0. The van der Waals surface area contributed by atoms with Crippen molar-refractivity contribution in [3.05, 3.63) is 0 Å². The Morgan fingerprint density at radius 1 is 1.11 bits per heavy atom. The van der Waals surface area contributed by atoms with Crippen LogP contribution >= 0.6 is 0 Å². The minimum atomic E-state index is -1.09. The first-order valence-electron chi connectivity index (χ1n) is 6.78. The molecule has 102 valence electrons. The number of ether oxygens (including phenoxy) is 1. The molecular weight excluding hydrogens is 234 g/mol. The Morgan fingerprint density at radius 2 is 1.83 bits per heavy atom. The van der Waals surface area contributed by atoms with Crippen molar-refractivity contribution in [2.24, 2.45) is 11.8 Å². The van der Waals surface area contributed by atoms with E-state index in [1.807, 2.05) is 0 Å². The Labute approximate surface area is 107 Å². The predicted octanol–water partition coefficient (Wildman–Crippen LogP) is -0.162. The van der Waals surface area contributed by atoms with Gasteiger partial charge < -0.3 is 20.0 Å². The highest BCUT2D eigenvalue weighted by Gasteiger charge is 2.32. The molecule has 1 aliphatic carbocycles. The summed E-state index contributed by atoms with van der Waals surface area (Å²) in [4.78, 5) is 23.0. The molecule has 1 N–H and O–H groups in total. The molecule has 0 bridgehead atoms. The van der Waals surface area contributed by atoms with E-state index in [9.17, 15) is 14.7 Å². The van der Waals surface area contributed by atoms with Crippen LogP contribution in [0, 0.1) is 11.8 Å². The number of hydrogen-bond acceptors (Lipinski definition) is 4. The molecule has 0 radical (unpaired) electrons. The SMILES string of the molecule is O=C(NC[C@H]1CCCO1)[C@H]1CCCC[C@H]1C(=O)[O-]. The average Bonchev–Trinajstić information content (AvgIpc) is 2.89. The molecule has 0 aromatic carbocycles. The van der Waals surface area contributed by atoms with Crippen LogP contribution < -0.4 is 10.4 Å². The van der Waals surface area contributed by atoms with Crippen molar-refractivity contribution >= 4 is 11.9 Å². The lowest BCUT2D eigenvalue weighted by Gasteiger charge is -2.31. The Kier molecular flexibility index (Phi) is 4.58. The highest BCUT2D eigenvalue weighted by atomic mass is 16.5. The van der Waals surface area contributed by atoms with Gasteiger partial charge in [0.1, 0.15) is 0 Å². The fourth-order valence-electron chi connectivity index (χ4n) is 2.88. The molecule has 18 heavy (non-hydrogen) atoms. The van der Waals surface area contributed by atoms with Gasteiger partial charge in [0.15, 0.2) is 0 Å². The number of carbonyl (C=O) groups is 2. The van der Waals surface area contributed by atoms with Gasteiger partial charge in [-0.25, -0.2) is 0 Å². The van der Waals surface area contributed by atoms with Crippen LogP contribution in [-0.4, -0.2) is 31.1 Å². The fourth-order valence-corrected chi connectivity index (χ4v) is 2.88. The molecule has 1 saturated carbocycles. The van der Waals surface area contributed by atoms with E-state index >= 15 is 0 Å². The van der Waals surface area contributed by atoms with Crippen LogP contribution in [0.5, 0.6) is 0 Å². The summed E-state index contributed by atoms with van der Waals surface area (Å²) in [6.07, 6.45) is 5.09. The largest absolute Gasteiger partial charge is 0.550 e. The third kappa shape index (κ3) is 3.22. The Morgan fingerprint density at radius 3 is 2.44 bits per heavy atom. The number of carbonyl (C=O) groups excluding carboxylic acids is 2. The number of rotatable bonds is 4. The van der Waals surface area contributed by atoms with Gasteiger partial charge in [-0.05, 0) is 25.7 Å². The quantitative estimate of drug-likeness (QED) is 0.756. The molecule has 1 amide bonds. The second-order valence-electron chi connectivity index (χ2n) is 5.20. The Balaban J connectivity index is 1.83. The molecule has 0 spiro atoms. The second-order valence-corrected chi connectivity index (χ2v) is 5.20. The first-order chi connectivity index (χ1) is 8.68. The summed E-state index contributed by atoms with van der Waals surface area (Å²) in [6, 6.07) is 0. The van der Waals surface area contributed by atoms with Gasteiger partial charge in [-0.1, -0.05) is 12.8 Å². The maximum Gasteiger partial charge on any atom is 0.223 e. The normalized spacial score (nSPS) is 32.1. The summed E-state index contributed by atoms with van der Waals surface area (Å²) in [5.74, 6) is -2.29. The molecule has 2 rings (SSSR count). The number of carboxylic acid groups (broad SMARTS) is 1. The molecule has 1 saturated heterocycles. The molecule has 0 unspecified atom stereocenters. The van der Waals surface area contributed by atoms with Gasteiger partial charge in [0.2, 0.25) is 5.91 Å². The highest BCUT2D eigenvalue weighted by Crippen LogP contribution is 2.29. The zero-order valence-electron chi connectivity index (χ0n) is 10.5. The molecular formula is C13H20NO4-. The second kappa shape index (κ2) is 6.18. The standard InChI is InChI=1S/C13H21NO4/c15-12(14-8-9-4-3-7-18-9)10-5-1-2-6-11(10)13(16)17/h9-11H,1-8H2,(H,14,15)(H,16,17)/p-1/t9-,10+,11-/m1/s1. The van der Waals surface area contributed by atoms with E-state index in [-0.39, 0.29) is 12.0 Å². The van der Waals surface area contributed by atoms with E-state index in [4.69, 9.17) is 4.74 Å². The lowest BCUT2D eigenvalue weighted by Crippen LogP contribution is -2.45. The van der Waals surface area contributed by atoms with E-state index in [0.29, 0.717) is 19.4 Å². The zero-order chi connectivity index (χ0) is 13.0. The molecule has 5 heteroatoms. The van der Waals surface area contributed by atoms with Crippen LogP contribution in [-0.2, 0) is 14.3 Å². The minimum Gasteiger partial charge on any atom is -0.550 e. The lowest BCUT2D eigenvalue weighted by molar-refractivity contribution is -0.314. The fraction of sp³-hybridized carbons (Fsp3) is 0.846. The van der Waals surface area contributed by atoms with Crippen LogP contribution in [0.2, 0.25) is 0 Å². The van der Waals surface area contributed by atoms with Crippen LogP contribution in [0.4, 0.5) is 0 Å². The Hall–Kier alpha value is -1.10. The van der Waals surface area contributed by atoms with Gasteiger partial charge in [-0.3, -0.25) is 4.79 Å². The molecule has 3 atom stereocenters. The van der Waals surface area contributed by atoms with Crippen LogP contribution in [0.1, 0.15) is 38.5 Å². The van der Waals surface area contributed by atoms with E-state index in [0.717, 1.165) is 32.3 Å². The summed E-state index contributed by atoms with van der Waals surface area (Å²) in [7, 11) is 0. The minimum absolute atomic E-state index is 0.0962. The number of hydrogen-bond donors (Lipinski definition) is 1. The number of carboxylic acids is 1. The molecule has 0 aromatic heterocycles.